The van der Waals surface area contributed by atoms with Crippen LogP contribution in [0.15, 0.2) is 110 Å². The van der Waals surface area contributed by atoms with Gasteiger partial charge in [-0.2, -0.15) is 0 Å². The number of ketones is 1. The van der Waals surface area contributed by atoms with E-state index in [9.17, 15) is 43.8 Å². The molecule has 3 aliphatic rings. The molecule has 0 bridgehead atoms. The lowest BCUT2D eigenvalue weighted by Gasteiger charge is -2.50. The number of imide groups is 1. The molecule has 7 rings (SSSR count). The largest absolute Gasteiger partial charge is 0.463 e. The number of aliphatic hydroxyl groups excluding tert-OH is 2. The number of ether oxygens (including phenoxy) is 8. The van der Waals surface area contributed by atoms with Crippen molar-refractivity contribution in [2.45, 2.75) is 102 Å². The van der Waals surface area contributed by atoms with Crippen LogP contribution in [0.25, 0.3) is 0 Å². The Hall–Kier alpha value is -6.93. The van der Waals surface area contributed by atoms with Gasteiger partial charge in [0.15, 0.2) is 30.9 Å². The van der Waals surface area contributed by atoms with Crippen molar-refractivity contribution in [2.75, 3.05) is 19.8 Å². The van der Waals surface area contributed by atoms with Gasteiger partial charge >= 0.3 is 23.9 Å². The number of benzene rings is 4. The quantitative estimate of drug-likeness (QED) is 0.0602. The van der Waals surface area contributed by atoms with Gasteiger partial charge in [-0.1, -0.05) is 71.3 Å². The van der Waals surface area contributed by atoms with Crippen LogP contribution in [0.2, 0.25) is 0 Å². The maximum Gasteiger partial charge on any atom is 0.338 e. The molecular formula is C52H53NO17. The van der Waals surface area contributed by atoms with Gasteiger partial charge in [0, 0.05) is 6.42 Å². The number of nitrogens with zero attached hydrogens (tertiary/aromatic N) is 1. The van der Waals surface area contributed by atoms with Crippen LogP contribution in [0, 0.1) is 20.8 Å². The summed E-state index contributed by atoms with van der Waals surface area (Å²) >= 11 is 0. The molecule has 10 atom stereocenters. The van der Waals surface area contributed by atoms with Gasteiger partial charge in [-0.05, 0) is 76.2 Å². The van der Waals surface area contributed by atoms with E-state index in [1.807, 2.05) is 0 Å². The van der Waals surface area contributed by atoms with Gasteiger partial charge in [-0.3, -0.25) is 19.3 Å². The third-order valence-electron chi connectivity index (χ3n) is 11.9. The Kier molecular flexibility index (Phi) is 16.5. The predicted molar refractivity (Wildman–Crippen MR) is 244 cm³/mol. The molecule has 0 unspecified atom stereocenters. The van der Waals surface area contributed by atoms with Crippen molar-refractivity contribution in [3.05, 3.63) is 154 Å². The fourth-order valence-corrected chi connectivity index (χ4v) is 8.11. The average Bonchev–Trinajstić information content (AvgIpc) is 3.60. The van der Waals surface area contributed by atoms with Gasteiger partial charge in [0.1, 0.15) is 42.8 Å². The number of carbonyl (C=O) groups excluding carboxylic acids is 7. The second-order valence-corrected chi connectivity index (χ2v) is 17.1. The lowest BCUT2D eigenvalue weighted by Crippen LogP contribution is -2.69. The van der Waals surface area contributed by atoms with Gasteiger partial charge in [-0.25, -0.2) is 14.4 Å². The Morgan fingerprint density at radius 2 is 1.11 bits per heavy atom. The van der Waals surface area contributed by atoms with E-state index in [0.717, 1.165) is 21.6 Å². The zero-order valence-electron chi connectivity index (χ0n) is 38.8. The first-order valence-electron chi connectivity index (χ1n) is 22.5. The molecule has 3 heterocycles. The molecule has 2 N–H and O–H groups in total. The van der Waals surface area contributed by atoms with E-state index < -0.39 is 110 Å². The highest BCUT2D eigenvalue weighted by Crippen LogP contribution is 2.38. The van der Waals surface area contributed by atoms with Crippen LogP contribution in [0.5, 0.6) is 0 Å². The van der Waals surface area contributed by atoms with Crippen molar-refractivity contribution in [1.29, 1.82) is 0 Å². The number of fused-ring (bicyclic) bond motifs is 1. The second-order valence-electron chi connectivity index (χ2n) is 17.1. The molecule has 4 aromatic rings. The maximum absolute atomic E-state index is 14.3. The molecule has 368 valence electrons. The first-order chi connectivity index (χ1) is 33.6. The highest BCUT2D eigenvalue weighted by atomic mass is 16.8. The van der Waals surface area contributed by atoms with Crippen molar-refractivity contribution in [3.8, 4) is 0 Å². The monoisotopic (exact) mass is 963 g/mol. The summed E-state index contributed by atoms with van der Waals surface area (Å²) in [6.07, 6.45) is -15.3. The normalized spacial score (nSPS) is 25.1. The molecule has 18 nitrogen and oxygen atoms in total. The Labute approximate surface area is 403 Å². The van der Waals surface area contributed by atoms with Crippen LogP contribution in [0.3, 0.4) is 0 Å². The molecule has 2 amide bonds. The Morgan fingerprint density at radius 1 is 0.643 bits per heavy atom. The van der Waals surface area contributed by atoms with Crippen molar-refractivity contribution in [3.63, 3.8) is 0 Å². The standard InChI is InChI=1S/C52H53NO17/c1-6-25-63-51-40(53-46(58)35-9-7-8-10-36(35)47(53)59)43(41(57)37(26-54)65-51)70-52-45(69-50(62)34-22-15-30(4)16-23-34)44(68-49(61)33-20-13-29(3)14-21-33)42(67-48(60)32-18-11-28(2)12-19-32)38(66-52)27-64-39(56)24-17-31(5)55/h6-16,18-23,37-38,40-45,51-52,54,57H,1,17,24-27H2,2-5H3/t37-,38-,40-,41-,42-,43-,44+,45-,51-,52+/m1/s1. The van der Waals surface area contributed by atoms with E-state index in [1.165, 1.54) is 61.5 Å². The van der Waals surface area contributed by atoms with E-state index in [1.54, 1.807) is 69.3 Å². The number of aryl methyl sites for hydroxylation is 3. The summed E-state index contributed by atoms with van der Waals surface area (Å²) in [6, 6.07) is 23.0. The molecule has 4 aromatic carbocycles. The van der Waals surface area contributed by atoms with Crippen molar-refractivity contribution in [2.24, 2.45) is 0 Å². The van der Waals surface area contributed by atoms with Gasteiger partial charge in [-0.15, -0.1) is 6.58 Å². The molecule has 0 aromatic heterocycles. The minimum Gasteiger partial charge on any atom is -0.463 e. The molecule has 70 heavy (non-hydrogen) atoms. The van der Waals surface area contributed by atoms with E-state index in [-0.39, 0.29) is 53.0 Å². The zero-order chi connectivity index (χ0) is 50.2. The molecule has 0 saturated carbocycles. The van der Waals surface area contributed by atoms with Crippen LogP contribution >= 0.6 is 0 Å². The van der Waals surface area contributed by atoms with Gasteiger partial charge in [0.2, 0.25) is 0 Å². The highest BCUT2D eigenvalue weighted by molar-refractivity contribution is 6.21. The van der Waals surface area contributed by atoms with E-state index in [0.29, 0.717) is 0 Å². The van der Waals surface area contributed by atoms with Gasteiger partial charge < -0.3 is 52.9 Å². The average molecular weight is 964 g/mol. The van der Waals surface area contributed by atoms with Crippen molar-refractivity contribution in [1.82, 2.24) is 4.90 Å². The summed E-state index contributed by atoms with van der Waals surface area (Å²) in [5.41, 5.74) is 2.52. The van der Waals surface area contributed by atoms with E-state index in [2.05, 4.69) is 6.58 Å². The van der Waals surface area contributed by atoms with Crippen molar-refractivity contribution >= 4 is 41.5 Å². The number of Topliss-reactive ketones (excluding diaryl/α,β-unsaturated/α-hetero) is 1. The summed E-state index contributed by atoms with van der Waals surface area (Å²) in [4.78, 5) is 96.9. The molecule has 0 radical (unpaired) electrons. The number of hydrogen-bond donors (Lipinski definition) is 2. The smallest absolute Gasteiger partial charge is 0.338 e. The van der Waals surface area contributed by atoms with Gasteiger partial charge in [0.25, 0.3) is 11.8 Å². The van der Waals surface area contributed by atoms with E-state index in [4.69, 9.17) is 37.9 Å². The third kappa shape index (κ3) is 11.6. The maximum atomic E-state index is 14.3. The number of carbonyl (C=O) groups is 7. The Morgan fingerprint density at radius 3 is 1.59 bits per heavy atom. The summed E-state index contributed by atoms with van der Waals surface area (Å²) in [7, 11) is 0. The van der Waals surface area contributed by atoms with Crippen LogP contribution in [-0.2, 0) is 47.5 Å². The number of amides is 2. The summed E-state index contributed by atoms with van der Waals surface area (Å²) in [5, 5.41) is 22.6. The number of rotatable bonds is 18. The molecule has 0 aliphatic carbocycles. The summed E-state index contributed by atoms with van der Waals surface area (Å²) in [6.45, 7) is 8.56. The molecule has 18 heteroatoms. The Balaban J connectivity index is 1.38. The SMILES string of the molecule is C=CCO[C@@H]1O[C@H](CO)[C@@H](O)[C@H](O[C@@H]2O[C@H](COC(=O)CCC(C)=O)[C@@H](OC(=O)c3ccc(C)cc3)[C@H](OC(=O)c3ccc(C)cc3)[C@H]2OC(=O)c2ccc(C)cc2)[C@H]1N1C(=O)c2ccccc2C1=O. The molecule has 2 saturated heterocycles. The minimum absolute atomic E-state index is 0.0101. The first-order valence-corrected chi connectivity index (χ1v) is 22.5. The van der Waals surface area contributed by atoms with E-state index >= 15 is 0 Å². The molecule has 2 fully saturated rings. The number of aliphatic hydroxyl groups is 2. The number of hydrogen-bond acceptors (Lipinski definition) is 17. The van der Waals surface area contributed by atoms with Crippen molar-refractivity contribution < 1.29 is 81.7 Å². The highest BCUT2D eigenvalue weighted by Gasteiger charge is 2.59. The number of esters is 4. The zero-order valence-corrected chi connectivity index (χ0v) is 38.8. The third-order valence-corrected chi connectivity index (χ3v) is 11.9. The van der Waals surface area contributed by atoms with Crippen LogP contribution in [0.4, 0.5) is 0 Å². The molecule has 0 spiro atoms. The minimum atomic E-state index is -2.03. The molecule has 3 aliphatic heterocycles. The first kappa shape index (κ1) is 50.9. The topological polar surface area (TPSA) is 237 Å². The Bertz CT molecular complexity index is 2540. The lowest BCUT2D eigenvalue weighted by atomic mass is 9.94. The fourth-order valence-electron chi connectivity index (χ4n) is 8.11. The fraction of sp³-hybridized carbons (Fsp3) is 0.365. The van der Waals surface area contributed by atoms with Gasteiger partial charge in [0.05, 0.1) is 47.5 Å². The van der Waals surface area contributed by atoms with Crippen LogP contribution < -0.4 is 0 Å². The second kappa shape index (κ2) is 22.7. The summed E-state index contributed by atoms with van der Waals surface area (Å²) in [5.74, 6) is -5.77. The lowest BCUT2D eigenvalue weighted by molar-refractivity contribution is -0.346. The predicted octanol–water partition coefficient (Wildman–Crippen LogP) is 4.56. The molecular weight excluding hydrogens is 911 g/mol. The van der Waals surface area contributed by atoms with Crippen LogP contribution in [0.1, 0.15) is 88.2 Å². The van der Waals surface area contributed by atoms with Crippen LogP contribution in [-0.4, -0.2) is 138 Å². The summed E-state index contributed by atoms with van der Waals surface area (Å²) < 4.78 is 49.3.